The van der Waals surface area contributed by atoms with Gasteiger partial charge in [0.1, 0.15) is 34.0 Å². The topological polar surface area (TPSA) is 129 Å². The summed E-state index contributed by atoms with van der Waals surface area (Å²) in [5, 5.41) is 26.1. The van der Waals surface area contributed by atoms with Crippen LogP contribution in [0, 0.1) is 6.92 Å². The van der Waals surface area contributed by atoms with E-state index in [1.54, 1.807) is 13.8 Å². The first-order valence-corrected chi connectivity index (χ1v) is 13.7. The molecule has 0 fully saturated rings. The molecule has 2 unspecified atom stereocenters. The van der Waals surface area contributed by atoms with Gasteiger partial charge in [0.25, 0.3) is 0 Å². The average molecular weight is 563 g/mol. The predicted molar refractivity (Wildman–Crippen MR) is 158 cm³/mol. The molecule has 0 saturated carbocycles. The van der Waals surface area contributed by atoms with Crippen molar-refractivity contribution in [1.82, 2.24) is 10.3 Å². The molecule has 2 aliphatic rings. The minimum atomic E-state index is -1.57. The summed E-state index contributed by atoms with van der Waals surface area (Å²) in [6, 6.07) is 18.0. The Kier molecular flexibility index (Phi) is 6.30. The molecule has 0 amide bonds. The Bertz CT molecular complexity index is 1880. The fourth-order valence-electron chi connectivity index (χ4n) is 6.18. The van der Waals surface area contributed by atoms with E-state index in [1.807, 2.05) is 54.7 Å². The van der Waals surface area contributed by atoms with Crippen molar-refractivity contribution in [1.29, 1.82) is 0 Å². The molecule has 8 heteroatoms. The maximum Gasteiger partial charge on any atom is 0.194 e. The van der Waals surface area contributed by atoms with E-state index >= 15 is 0 Å². The van der Waals surface area contributed by atoms with Crippen LogP contribution in [-0.2, 0) is 15.0 Å². The van der Waals surface area contributed by atoms with Gasteiger partial charge in [-0.3, -0.25) is 14.4 Å². The third kappa shape index (κ3) is 3.86. The quantitative estimate of drug-likeness (QED) is 0.139. The number of carbonyl (C=O) groups is 3. The summed E-state index contributed by atoms with van der Waals surface area (Å²) in [5.74, 6) is -2.57. The number of aromatic hydroxyl groups is 2. The number of fused-ring (bicyclic) bond motifs is 4. The van der Waals surface area contributed by atoms with Gasteiger partial charge in [-0.15, -0.1) is 0 Å². The SMILES string of the molecule is CC(=O)c1c(O)c(C)c(O)c2c1OC1=CC(=O)C(=C(C)NCC(c3ccccc3)c3c[nH]c4ccccc34)C(=O)C12C. The van der Waals surface area contributed by atoms with Crippen LogP contribution in [0.5, 0.6) is 17.2 Å². The molecule has 4 N–H and O–H groups in total. The number of aromatic amines is 1. The van der Waals surface area contributed by atoms with Gasteiger partial charge in [0.05, 0.1) is 11.1 Å². The molecule has 6 rings (SSSR count). The zero-order valence-electron chi connectivity index (χ0n) is 23.7. The van der Waals surface area contributed by atoms with Crippen molar-refractivity contribution in [2.75, 3.05) is 6.54 Å². The van der Waals surface area contributed by atoms with E-state index in [1.165, 1.54) is 19.9 Å². The maximum atomic E-state index is 14.2. The summed E-state index contributed by atoms with van der Waals surface area (Å²) in [5.41, 5.74) is 1.91. The van der Waals surface area contributed by atoms with Gasteiger partial charge in [-0.1, -0.05) is 48.5 Å². The van der Waals surface area contributed by atoms with Crippen molar-refractivity contribution in [3.8, 4) is 17.2 Å². The molecule has 8 nitrogen and oxygen atoms in total. The molecule has 212 valence electrons. The van der Waals surface area contributed by atoms with E-state index in [9.17, 15) is 24.6 Å². The van der Waals surface area contributed by atoms with Gasteiger partial charge in [0.15, 0.2) is 17.3 Å². The summed E-state index contributed by atoms with van der Waals surface area (Å²) >= 11 is 0. The number of allylic oxidation sites excluding steroid dienone is 4. The molecule has 42 heavy (non-hydrogen) atoms. The first kappa shape index (κ1) is 27.1. The normalized spacial score (nSPS) is 19.6. The molecule has 4 aromatic rings. The number of para-hydroxylation sites is 1. The van der Waals surface area contributed by atoms with Gasteiger partial charge in [-0.2, -0.15) is 0 Å². The van der Waals surface area contributed by atoms with Crippen molar-refractivity contribution in [2.45, 2.75) is 39.0 Å². The summed E-state index contributed by atoms with van der Waals surface area (Å²) in [6.45, 7) is 6.36. The Morgan fingerprint density at radius 2 is 1.71 bits per heavy atom. The highest BCUT2D eigenvalue weighted by Crippen LogP contribution is 2.57. The number of Topliss-reactive ketones (excluding diaryl/α,β-unsaturated/α-hetero) is 2. The second-order valence-electron chi connectivity index (χ2n) is 11.0. The molecule has 0 spiro atoms. The van der Waals surface area contributed by atoms with Crippen LogP contribution >= 0.6 is 0 Å². The minimum absolute atomic E-state index is 0.00723. The lowest BCUT2D eigenvalue weighted by Crippen LogP contribution is -2.41. The van der Waals surface area contributed by atoms with E-state index < -0.39 is 28.5 Å². The van der Waals surface area contributed by atoms with Crippen LogP contribution in [0.2, 0.25) is 0 Å². The van der Waals surface area contributed by atoms with Gasteiger partial charge < -0.3 is 25.3 Å². The van der Waals surface area contributed by atoms with Crippen LogP contribution in [0.3, 0.4) is 0 Å². The van der Waals surface area contributed by atoms with Crippen molar-refractivity contribution < 1.29 is 29.3 Å². The molecule has 0 saturated heterocycles. The molecule has 2 atom stereocenters. The summed E-state index contributed by atoms with van der Waals surface area (Å²) < 4.78 is 5.87. The number of ketones is 3. The number of aromatic nitrogens is 1. The molecule has 0 bridgehead atoms. The number of H-pyrrole nitrogens is 1. The zero-order chi connectivity index (χ0) is 29.9. The Balaban J connectivity index is 1.41. The molecule has 0 radical (unpaired) electrons. The van der Waals surface area contributed by atoms with Crippen LogP contribution in [0.4, 0.5) is 0 Å². The lowest BCUT2D eigenvalue weighted by Gasteiger charge is -2.29. The van der Waals surface area contributed by atoms with Crippen molar-refractivity contribution in [3.63, 3.8) is 0 Å². The average Bonchev–Trinajstić information content (AvgIpc) is 3.52. The summed E-state index contributed by atoms with van der Waals surface area (Å²) in [4.78, 5) is 43.3. The number of ether oxygens (including phenoxy) is 1. The molecule has 2 heterocycles. The summed E-state index contributed by atoms with van der Waals surface area (Å²) in [7, 11) is 0. The fourth-order valence-corrected chi connectivity index (χ4v) is 6.18. The fraction of sp³-hybridized carbons (Fsp3) is 0.206. The minimum Gasteiger partial charge on any atom is -0.507 e. The highest BCUT2D eigenvalue weighted by atomic mass is 16.5. The molecule has 1 aliphatic carbocycles. The smallest absolute Gasteiger partial charge is 0.194 e. The molecule has 1 aliphatic heterocycles. The number of phenols is 2. The van der Waals surface area contributed by atoms with Crippen molar-refractivity contribution >= 4 is 28.3 Å². The Labute approximate surface area is 242 Å². The largest absolute Gasteiger partial charge is 0.507 e. The van der Waals surface area contributed by atoms with E-state index in [0.29, 0.717) is 12.2 Å². The van der Waals surface area contributed by atoms with Gasteiger partial charge in [-0.25, -0.2) is 0 Å². The van der Waals surface area contributed by atoms with Crippen LogP contribution in [0.15, 0.2) is 83.9 Å². The lowest BCUT2D eigenvalue weighted by atomic mass is 9.70. The number of phenolic OH excluding ortho intramolecular Hbond substituents is 2. The number of rotatable bonds is 6. The first-order chi connectivity index (χ1) is 20.1. The van der Waals surface area contributed by atoms with Gasteiger partial charge in [0.2, 0.25) is 0 Å². The van der Waals surface area contributed by atoms with Crippen LogP contribution < -0.4 is 10.1 Å². The van der Waals surface area contributed by atoms with E-state index in [4.69, 9.17) is 4.74 Å². The van der Waals surface area contributed by atoms with Crippen molar-refractivity contribution in [3.05, 3.63) is 112 Å². The molecular formula is C34H30N2O6. The van der Waals surface area contributed by atoms with Gasteiger partial charge in [0, 0.05) is 46.9 Å². The molecular weight excluding hydrogens is 532 g/mol. The summed E-state index contributed by atoms with van der Waals surface area (Å²) in [6.07, 6.45) is 3.21. The highest BCUT2D eigenvalue weighted by molar-refractivity contribution is 6.31. The second-order valence-corrected chi connectivity index (χ2v) is 11.0. The van der Waals surface area contributed by atoms with Crippen LogP contribution in [-0.4, -0.2) is 39.1 Å². The maximum absolute atomic E-state index is 14.2. The zero-order valence-corrected chi connectivity index (χ0v) is 23.7. The Hall–Kier alpha value is -5.11. The van der Waals surface area contributed by atoms with E-state index in [2.05, 4.69) is 16.4 Å². The Morgan fingerprint density at radius 3 is 2.43 bits per heavy atom. The number of hydrogen-bond donors (Lipinski definition) is 4. The third-order valence-corrected chi connectivity index (χ3v) is 8.53. The van der Waals surface area contributed by atoms with Gasteiger partial charge >= 0.3 is 0 Å². The van der Waals surface area contributed by atoms with E-state index in [0.717, 1.165) is 22.0 Å². The number of benzene rings is 3. The molecule has 3 aromatic carbocycles. The Morgan fingerprint density at radius 1 is 1.02 bits per heavy atom. The van der Waals surface area contributed by atoms with Crippen LogP contribution in [0.1, 0.15) is 59.3 Å². The van der Waals surface area contributed by atoms with Crippen LogP contribution in [0.25, 0.3) is 10.9 Å². The first-order valence-electron chi connectivity index (χ1n) is 13.7. The molecule has 1 aromatic heterocycles. The number of carbonyl (C=O) groups excluding carboxylic acids is 3. The van der Waals surface area contributed by atoms with E-state index in [-0.39, 0.29) is 45.4 Å². The number of hydrogen-bond acceptors (Lipinski definition) is 7. The lowest BCUT2D eigenvalue weighted by molar-refractivity contribution is -0.123. The van der Waals surface area contributed by atoms with Crippen molar-refractivity contribution in [2.24, 2.45) is 0 Å². The second kappa shape index (κ2) is 9.76. The third-order valence-electron chi connectivity index (χ3n) is 8.53. The van der Waals surface area contributed by atoms with Gasteiger partial charge in [-0.05, 0) is 44.9 Å². The number of nitrogens with one attached hydrogen (secondary N) is 2. The standard InChI is InChI=1S/C34H30N2O6/c1-17-30(39)28(19(3)37)32-29(31(17)40)34(4)26(42-32)14-25(38)27(33(34)41)18(2)35-15-22(20-10-6-5-7-11-20)23-16-36-24-13-9-8-12-21(23)24/h5-14,16,22,35-36,39-40H,15H2,1-4H3. The predicted octanol–water partition coefficient (Wildman–Crippen LogP) is 5.47. The highest BCUT2D eigenvalue weighted by Gasteiger charge is 2.56. The monoisotopic (exact) mass is 562 g/mol.